The highest BCUT2D eigenvalue weighted by Crippen LogP contribution is 2.66. The molecule has 6 atom stereocenters. The monoisotopic (exact) mass is 329 g/mol. The minimum atomic E-state index is -0.629. The van der Waals surface area contributed by atoms with Crippen LogP contribution in [0.15, 0.2) is 11.6 Å². The molecular weight excluding hydrogens is 298 g/mol. The second-order valence-electron chi connectivity index (χ2n) is 9.50. The SMILES string of the molecule is CC(=O)[C@]1(N)CC[C@H]2[C@@H]3CC=C4CC(=O)CC[C@]4(C)[C@H]3CC[C@@]21C. The zero-order chi connectivity index (χ0) is 17.3. The number of allylic oxidation sites excluding steroid dienone is 2. The van der Waals surface area contributed by atoms with Gasteiger partial charge in [-0.3, -0.25) is 9.59 Å². The van der Waals surface area contributed by atoms with Gasteiger partial charge in [0.15, 0.2) is 0 Å². The summed E-state index contributed by atoms with van der Waals surface area (Å²) in [5.41, 5.74) is 7.62. The van der Waals surface area contributed by atoms with Crippen molar-refractivity contribution in [2.24, 2.45) is 34.3 Å². The van der Waals surface area contributed by atoms with E-state index < -0.39 is 5.54 Å². The Bertz CT molecular complexity index is 638. The fraction of sp³-hybridized carbons (Fsp3) is 0.810. The molecular formula is C21H31NO2. The van der Waals surface area contributed by atoms with Gasteiger partial charge in [0, 0.05) is 12.8 Å². The summed E-state index contributed by atoms with van der Waals surface area (Å²) in [6.45, 7) is 6.38. The first-order valence-electron chi connectivity index (χ1n) is 9.73. The highest BCUT2D eigenvalue weighted by Gasteiger charge is 2.64. The van der Waals surface area contributed by atoms with Crippen LogP contribution in [0, 0.1) is 28.6 Å². The molecule has 0 aliphatic heterocycles. The average Bonchev–Trinajstić information content (AvgIpc) is 2.81. The largest absolute Gasteiger partial charge is 0.319 e. The Morgan fingerprint density at radius 2 is 1.88 bits per heavy atom. The van der Waals surface area contributed by atoms with Crippen LogP contribution in [-0.2, 0) is 9.59 Å². The van der Waals surface area contributed by atoms with Gasteiger partial charge in [0.25, 0.3) is 0 Å². The van der Waals surface area contributed by atoms with E-state index in [0.717, 1.165) is 44.9 Å². The summed E-state index contributed by atoms with van der Waals surface area (Å²) in [4.78, 5) is 24.3. The van der Waals surface area contributed by atoms with E-state index in [2.05, 4.69) is 19.9 Å². The molecule has 3 heteroatoms. The van der Waals surface area contributed by atoms with Crippen LogP contribution in [0.2, 0.25) is 0 Å². The smallest absolute Gasteiger partial charge is 0.150 e. The number of rotatable bonds is 1. The molecule has 0 saturated heterocycles. The molecule has 4 aliphatic carbocycles. The van der Waals surface area contributed by atoms with Crippen LogP contribution in [-0.4, -0.2) is 17.1 Å². The van der Waals surface area contributed by atoms with Crippen molar-refractivity contribution in [3.05, 3.63) is 11.6 Å². The Morgan fingerprint density at radius 1 is 1.17 bits per heavy atom. The van der Waals surface area contributed by atoms with Gasteiger partial charge in [-0.2, -0.15) is 0 Å². The second-order valence-corrected chi connectivity index (χ2v) is 9.50. The fourth-order valence-corrected chi connectivity index (χ4v) is 7.13. The van der Waals surface area contributed by atoms with Crippen LogP contribution in [0.5, 0.6) is 0 Å². The van der Waals surface area contributed by atoms with Crippen LogP contribution < -0.4 is 5.73 Å². The normalized spacial score (nSPS) is 50.6. The molecule has 3 saturated carbocycles. The molecule has 2 N–H and O–H groups in total. The lowest BCUT2D eigenvalue weighted by Gasteiger charge is -2.58. The van der Waals surface area contributed by atoms with Crippen molar-refractivity contribution in [1.29, 1.82) is 0 Å². The first kappa shape index (κ1) is 16.5. The van der Waals surface area contributed by atoms with Crippen molar-refractivity contribution >= 4 is 11.6 Å². The summed E-state index contributed by atoms with van der Waals surface area (Å²) in [5.74, 6) is 2.44. The maximum Gasteiger partial charge on any atom is 0.150 e. The van der Waals surface area contributed by atoms with E-state index in [1.165, 1.54) is 5.57 Å². The summed E-state index contributed by atoms with van der Waals surface area (Å²) >= 11 is 0. The van der Waals surface area contributed by atoms with Crippen LogP contribution in [0.3, 0.4) is 0 Å². The number of fused-ring (bicyclic) bond motifs is 5. The van der Waals surface area contributed by atoms with Crippen molar-refractivity contribution in [2.45, 2.75) is 77.7 Å². The van der Waals surface area contributed by atoms with Gasteiger partial charge >= 0.3 is 0 Å². The van der Waals surface area contributed by atoms with Crippen molar-refractivity contribution in [3.63, 3.8) is 0 Å². The molecule has 0 aromatic carbocycles. The molecule has 3 fully saturated rings. The molecule has 24 heavy (non-hydrogen) atoms. The van der Waals surface area contributed by atoms with E-state index in [0.29, 0.717) is 30.0 Å². The van der Waals surface area contributed by atoms with Crippen LogP contribution >= 0.6 is 0 Å². The second kappa shape index (κ2) is 5.03. The van der Waals surface area contributed by atoms with Crippen molar-refractivity contribution < 1.29 is 9.59 Å². The third-order valence-electron chi connectivity index (χ3n) is 8.82. The number of hydrogen-bond acceptors (Lipinski definition) is 3. The predicted octanol–water partition coefficient (Wildman–Crippen LogP) is 3.80. The fourth-order valence-electron chi connectivity index (χ4n) is 7.13. The Balaban J connectivity index is 1.70. The van der Waals surface area contributed by atoms with E-state index in [4.69, 9.17) is 5.73 Å². The summed E-state index contributed by atoms with van der Waals surface area (Å²) < 4.78 is 0. The quantitative estimate of drug-likeness (QED) is 0.744. The van der Waals surface area contributed by atoms with Gasteiger partial charge < -0.3 is 5.73 Å². The van der Waals surface area contributed by atoms with E-state index in [1.807, 2.05) is 0 Å². The Kier molecular flexibility index (Phi) is 3.46. The molecule has 0 radical (unpaired) electrons. The maximum atomic E-state index is 12.3. The van der Waals surface area contributed by atoms with Crippen LogP contribution in [0.4, 0.5) is 0 Å². The van der Waals surface area contributed by atoms with E-state index >= 15 is 0 Å². The minimum absolute atomic E-state index is 0.0494. The highest BCUT2D eigenvalue weighted by atomic mass is 16.1. The lowest BCUT2D eigenvalue weighted by molar-refractivity contribution is -0.131. The third kappa shape index (κ3) is 1.88. The standard InChI is InChI=1S/C21H31NO2/c1-13(23)21(22)11-8-18-16-5-4-14-12-15(24)6-9-19(14,2)17(16)7-10-20(18,21)3/h4,16-18H,5-12,22H2,1-3H3/t16-,17+,18+,19+,20+,21-/m1/s1. The minimum Gasteiger partial charge on any atom is -0.319 e. The van der Waals surface area contributed by atoms with Crippen LogP contribution in [0.1, 0.15) is 72.1 Å². The molecule has 0 unspecified atom stereocenters. The Labute approximate surface area is 145 Å². The summed E-state index contributed by atoms with van der Waals surface area (Å²) in [6.07, 6.45) is 10.1. The molecule has 132 valence electrons. The van der Waals surface area contributed by atoms with Gasteiger partial charge in [0.1, 0.15) is 11.6 Å². The van der Waals surface area contributed by atoms with Crippen LogP contribution in [0.25, 0.3) is 0 Å². The molecule has 0 bridgehead atoms. The first-order valence-corrected chi connectivity index (χ1v) is 9.73. The first-order chi connectivity index (χ1) is 11.2. The Morgan fingerprint density at radius 3 is 2.58 bits per heavy atom. The van der Waals surface area contributed by atoms with Crippen molar-refractivity contribution in [3.8, 4) is 0 Å². The number of Topliss-reactive ketones (excluding diaryl/α,β-unsaturated/α-hetero) is 2. The molecule has 0 aromatic rings. The zero-order valence-corrected chi connectivity index (χ0v) is 15.4. The number of nitrogens with two attached hydrogens (primary N) is 1. The lowest BCUT2D eigenvalue weighted by atomic mass is 9.46. The molecule has 0 aromatic heterocycles. The maximum absolute atomic E-state index is 12.3. The van der Waals surface area contributed by atoms with E-state index in [-0.39, 0.29) is 16.6 Å². The van der Waals surface area contributed by atoms with Gasteiger partial charge in [-0.25, -0.2) is 0 Å². The summed E-state index contributed by atoms with van der Waals surface area (Å²) in [5, 5.41) is 0. The molecule has 0 spiro atoms. The van der Waals surface area contributed by atoms with Crippen molar-refractivity contribution in [2.75, 3.05) is 0 Å². The highest BCUT2D eigenvalue weighted by molar-refractivity contribution is 5.87. The number of hydrogen-bond donors (Lipinski definition) is 1. The van der Waals surface area contributed by atoms with Gasteiger partial charge in [-0.15, -0.1) is 0 Å². The lowest BCUT2D eigenvalue weighted by Crippen LogP contribution is -2.61. The Hall–Kier alpha value is -0.960. The average molecular weight is 329 g/mol. The molecule has 0 amide bonds. The molecule has 4 aliphatic rings. The number of carbonyl (C=O) groups excluding carboxylic acids is 2. The molecule has 0 heterocycles. The number of ketones is 2. The molecule has 3 nitrogen and oxygen atoms in total. The zero-order valence-electron chi connectivity index (χ0n) is 15.4. The van der Waals surface area contributed by atoms with E-state index in [9.17, 15) is 9.59 Å². The third-order valence-corrected chi connectivity index (χ3v) is 8.82. The van der Waals surface area contributed by atoms with Gasteiger partial charge in [0.2, 0.25) is 0 Å². The topological polar surface area (TPSA) is 60.2 Å². The summed E-state index contributed by atoms with van der Waals surface area (Å²) in [6, 6.07) is 0. The summed E-state index contributed by atoms with van der Waals surface area (Å²) in [7, 11) is 0. The van der Waals surface area contributed by atoms with Gasteiger partial charge in [0.05, 0.1) is 5.54 Å². The molecule has 4 rings (SSSR count). The van der Waals surface area contributed by atoms with Gasteiger partial charge in [-0.05, 0) is 74.0 Å². The van der Waals surface area contributed by atoms with E-state index in [1.54, 1.807) is 6.92 Å². The number of carbonyl (C=O) groups is 2. The van der Waals surface area contributed by atoms with Gasteiger partial charge in [-0.1, -0.05) is 25.5 Å². The van der Waals surface area contributed by atoms with Crippen molar-refractivity contribution in [1.82, 2.24) is 0 Å². The predicted molar refractivity (Wildman–Crippen MR) is 94.3 cm³/mol.